The molecule has 6 nitrogen and oxygen atoms in total. The van der Waals surface area contributed by atoms with Crippen molar-refractivity contribution in [2.75, 3.05) is 24.2 Å². The molecule has 6 heteroatoms. The molecule has 1 fully saturated rings. The molecule has 1 aliphatic rings. The second-order valence-electron chi connectivity index (χ2n) is 4.68. The third kappa shape index (κ3) is 3.13. The van der Waals surface area contributed by atoms with E-state index in [4.69, 9.17) is 0 Å². The number of nitrogens with one attached hydrogen (secondary N) is 3. The highest BCUT2D eigenvalue weighted by molar-refractivity contribution is 5.85. The Morgan fingerprint density at radius 2 is 2.21 bits per heavy atom. The van der Waals surface area contributed by atoms with Crippen LogP contribution >= 0.6 is 0 Å². The first-order valence-electron chi connectivity index (χ1n) is 6.82. The van der Waals surface area contributed by atoms with E-state index >= 15 is 0 Å². The summed E-state index contributed by atoms with van der Waals surface area (Å²) in [6.45, 7) is 2.88. The number of nitrogens with zero attached hydrogens (tertiary/aromatic N) is 2. The van der Waals surface area contributed by atoms with Crippen LogP contribution in [-0.2, 0) is 11.2 Å². The number of amides is 1. The van der Waals surface area contributed by atoms with Crippen LogP contribution < -0.4 is 16.0 Å². The Bertz CT molecular complexity index is 449. The Hall–Kier alpha value is -1.85. The van der Waals surface area contributed by atoms with E-state index in [1.807, 2.05) is 7.05 Å². The zero-order chi connectivity index (χ0) is 13.7. The molecule has 1 saturated heterocycles. The molecule has 1 aliphatic heterocycles. The summed E-state index contributed by atoms with van der Waals surface area (Å²) in [4.78, 5) is 20.3. The molecule has 0 bridgehead atoms. The van der Waals surface area contributed by atoms with Gasteiger partial charge in [0, 0.05) is 19.2 Å². The average molecular weight is 263 g/mol. The topological polar surface area (TPSA) is 78.9 Å². The van der Waals surface area contributed by atoms with Gasteiger partial charge in [0.1, 0.15) is 24.0 Å². The van der Waals surface area contributed by atoms with Gasteiger partial charge in [-0.1, -0.05) is 13.3 Å². The summed E-state index contributed by atoms with van der Waals surface area (Å²) in [6.07, 6.45) is 5.25. The summed E-state index contributed by atoms with van der Waals surface area (Å²) in [5, 5.41) is 9.21. The van der Waals surface area contributed by atoms with Gasteiger partial charge in [-0.25, -0.2) is 9.97 Å². The van der Waals surface area contributed by atoms with Crippen LogP contribution in [0.1, 0.15) is 31.7 Å². The van der Waals surface area contributed by atoms with Crippen LogP contribution in [0.15, 0.2) is 6.33 Å². The molecule has 0 saturated carbocycles. The molecule has 1 aromatic rings. The predicted octanol–water partition coefficient (Wildman–Crippen LogP) is 1.16. The van der Waals surface area contributed by atoms with Crippen molar-refractivity contribution >= 4 is 17.5 Å². The fourth-order valence-corrected chi connectivity index (χ4v) is 2.31. The maximum absolute atomic E-state index is 11.8. The van der Waals surface area contributed by atoms with Gasteiger partial charge in [-0.05, 0) is 19.3 Å². The van der Waals surface area contributed by atoms with E-state index in [1.54, 1.807) is 0 Å². The molecule has 0 aliphatic carbocycles. The van der Waals surface area contributed by atoms with Gasteiger partial charge in [-0.15, -0.1) is 0 Å². The minimum atomic E-state index is -0.191. The SMILES string of the molecule is CCCc1c(NC)ncnc1NC1CCCNC1=O. The van der Waals surface area contributed by atoms with E-state index in [9.17, 15) is 4.79 Å². The van der Waals surface area contributed by atoms with Crippen LogP contribution in [0.25, 0.3) is 0 Å². The van der Waals surface area contributed by atoms with Gasteiger partial charge in [0.15, 0.2) is 0 Å². The molecule has 2 heterocycles. The van der Waals surface area contributed by atoms with Gasteiger partial charge in [0.2, 0.25) is 5.91 Å². The molecule has 0 radical (unpaired) electrons. The van der Waals surface area contributed by atoms with Crippen molar-refractivity contribution in [2.24, 2.45) is 0 Å². The molecular weight excluding hydrogens is 242 g/mol. The van der Waals surface area contributed by atoms with Crippen molar-refractivity contribution in [1.29, 1.82) is 0 Å². The zero-order valence-corrected chi connectivity index (χ0v) is 11.5. The largest absolute Gasteiger partial charge is 0.373 e. The van der Waals surface area contributed by atoms with Crippen LogP contribution in [0.5, 0.6) is 0 Å². The minimum Gasteiger partial charge on any atom is -0.373 e. The second kappa shape index (κ2) is 6.36. The van der Waals surface area contributed by atoms with Gasteiger partial charge in [-0.2, -0.15) is 0 Å². The van der Waals surface area contributed by atoms with Crippen molar-refractivity contribution in [3.05, 3.63) is 11.9 Å². The molecule has 1 amide bonds. The maximum Gasteiger partial charge on any atom is 0.242 e. The summed E-state index contributed by atoms with van der Waals surface area (Å²) in [6, 6.07) is -0.191. The quantitative estimate of drug-likeness (QED) is 0.743. The number of anilines is 2. The molecule has 19 heavy (non-hydrogen) atoms. The lowest BCUT2D eigenvalue weighted by Gasteiger charge is -2.24. The smallest absolute Gasteiger partial charge is 0.242 e. The van der Waals surface area contributed by atoms with Gasteiger partial charge >= 0.3 is 0 Å². The van der Waals surface area contributed by atoms with Gasteiger partial charge < -0.3 is 16.0 Å². The standard InChI is InChI=1S/C13H21N5O/c1-3-5-9-11(14-2)16-8-17-12(9)18-10-6-4-7-15-13(10)19/h8,10H,3-7H2,1-2H3,(H,15,19)(H2,14,16,17,18). The Balaban J connectivity index is 2.20. The average Bonchev–Trinajstić information content (AvgIpc) is 2.43. The normalized spacial score (nSPS) is 18.8. The lowest BCUT2D eigenvalue weighted by atomic mass is 10.1. The number of hydrogen-bond donors (Lipinski definition) is 3. The van der Waals surface area contributed by atoms with Crippen molar-refractivity contribution in [3.63, 3.8) is 0 Å². The highest BCUT2D eigenvalue weighted by atomic mass is 16.2. The van der Waals surface area contributed by atoms with E-state index in [0.717, 1.165) is 49.4 Å². The lowest BCUT2D eigenvalue weighted by Crippen LogP contribution is -2.44. The van der Waals surface area contributed by atoms with E-state index in [-0.39, 0.29) is 11.9 Å². The van der Waals surface area contributed by atoms with Crippen LogP contribution in [0.3, 0.4) is 0 Å². The lowest BCUT2D eigenvalue weighted by molar-refractivity contribution is -0.123. The number of hydrogen-bond acceptors (Lipinski definition) is 5. The molecule has 104 valence electrons. The Kier molecular flexibility index (Phi) is 4.54. The van der Waals surface area contributed by atoms with Gasteiger partial charge in [0.25, 0.3) is 0 Å². The molecular formula is C13H21N5O. The number of rotatable bonds is 5. The van der Waals surface area contributed by atoms with E-state index < -0.39 is 0 Å². The fraction of sp³-hybridized carbons (Fsp3) is 0.615. The highest BCUT2D eigenvalue weighted by Crippen LogP contribution is 2.23. The molecule has 0 aromatic carbocycles. The highest BCUT2D eigenvalue weighted by Gasteiger charge is 2.23. The number of carbonyl (C=O) groups excluding carboxylic acids is 1. The summed E-state index contributed by atoms with van der Waals surface area (Å²) in [7, 11) is 1.85. The van der Waals surface area contributed by atoms with Crippen molar-refractivity contribution in [1.82, 2.24) is 15.3 Å². The van der Waals surface area contributed by atoms with E-state index in [1.165, 1.54) is 6.33 Å². The summed E-state index contributed by atoms with van der Waals surface area (Å²) in [5.41, 5.74) is 1.05. The van der Waals surface area contributed by atoms with Gasteiger partial charge in [0.05, 0.1) is 0 Å². The number of carbonyl (C=O) groups is 1. The first-order chi connectivity index (χ1) is 9.26. The van der Waals surface area contributed by atoms with E-state index in [0.29, 0.717) is 0 Å². The summed E-state index contributed by atoms with van der Waals surface area (Å²) >= 11 is 0. The Labute approximate surface area is 113 Å². The third-order valence-electron chi connectivity index (χ3n) is 3.28. The first-order valence-corrected chi connectivity index (χ1v) is 6.82. The zero-order valence-electron chi connectivity index (χ0n) is 11.5. The van der Waals surface area contributed by atoms with E-state index in [2.05, 4.69) is 32.8 Å². The van der Waals surface area contributed by atoms with Crippen LogP contribution in [0.2, 0.25) is 0 Å². The first kappa shape index (κ1) is 13.6. The summed E-state index contributed by atoms with van der Waals surface area (Å²) < 4.78 is 0. The van der Waals surface area contributed by atoms with Gasteiger partial charge in [-0.3, -0.25) is 4.79 Å². The molecule has 1 aromatic heterocycles. The number of piperidine rings is 1. The van der Waals surface area contributed by atoms with Crippen molar-refractivity contribution in [3.8, 4) is 0 Å². The predicted molar refractivity (Wildman–Crippen MR) is 75.2 cm³/mol. The molecule has 0 spiro atoms. The van der Waals surface area contributed by atoms with Crippen molar-refractivity contribution < 1.29 is 4.79 Å². The Morgan fingerprint density at radius 3 is 2.89 bits per heavy atom. The van der Waals surface area contributed by atoms with Crippen LogP contribution in [0.4, 0.5) is 11.6 Å². The fourth-order valence-electron chi connectivity index (χ4n) is 2.31. The molecule has 2 rings (SSSR count). The van der Waals surface area contributed by atoms with Crippen LogP contribution in [-0.4, -0.2) is 35.5 Å². The molecule has 1 atom stereocenters. The summed E-state index contributed by atoms with van der Waals surface area (Å²) in [5.74, 6) is 1.65. The second-order valence-corrected chi connectivity index (χ2v) is 4.68. The monoisotopic (exact) mass is 263 g/mol. The number of aromatic nitrogens is 2. The maximum atomic E-state index is 11.8. The third-order valence-corrected chi connectivity index (χ3v) is 3.28. The molecule has 1 unspecified atom stereocenters. The Morgan fingerprint density at radius 1 is 1.42 bits per heavy atom. The van der Waals surface area contributed by atoms with Crippen molar-refractivity contribution in [2.45, 2.75) is 38.6 Å². The van der Waals surface area contributed by atoms with Crippen LogP contribution in [0, 0.1) is 0 Å². The minimum absolute atomic E-state index is 0.0540. The molecule has 3 N–H and O–H groups in total.